The molecule has 4 rings (SSSR count). The van der Waals surface area contributed by atoms with Gasteiger partial charge in [-0.1, -0.05) is 22.9 Å². The molecule has 3 aromatic rings. The molecular weight excluding hydrogens is 413 g/mol. The number of amides is 1. The van der Waals surface area contributed by atoms with Crippen LogP contribution in [0.5, 0.6) is 0 Å². The molecule has 152 valence electrons. The number of nitrogens with zero attached hydrogens (tertiary/aromatic N) is 3. The van der Waals surface area contributed by atoms with E-state index in [0.29, 0.717) is 27.8 Å². The highest BCUT2D eigenvalue weighted by atomic mass is 35.5. The van der Waals surface area contributed by atoms with Crippen LogP contribution in [0.15, 0.2) is 42.5 Å². The average molecular weight is 434 g/mol. The van der Waals surface area contributed by atoms with E-state index in [1.54, 1.807) is 35.2 Å². The Hall–Kier alpha value is -2.06. The van der Waals surface area contributed by atoms with Crippen molar-refractivity contribution >= 4 is 44.2 Å². The van der Waals surface area contributed by atoms with Crippen molar-refractivity contribution in [2.24, 2.45) is 0 Å². The lowest BCUT2D eigenvalue weighted by Gasteiger charge is -2.27. The van der Waals surface area contributed by atoms with Gasteiger partial charge in [0.25, 0.3) is 5.91 Å². The highest BCUT2D eigenvalue weighted by Crippen LogP contribution is 2.30. The van der Waals surface area contributed by atoms with E-state index in [1.165, 1.54) is 23.5 Å². The summed E-state index contributed by atoms with van der Waals surface area (Å²) in [7, 11) is 0. The zero-order chi connectivity index (χ0) is 20.2. The number of carbonyl (C=O) groups excluding carboxylic acids is 1. The van der Waals surface area contributed by atoms with Crippen LogP contribution in [0, 0.1) is 5.82 Å². The predicted octanol–water partition coefficient (Wildman–Crippen LogP) is 4.46. The van der Waals surface area contributed by atoms with Crippen molar-refractivity contribution in [2.75, 3.05) is 44.3 Å². The highest BCUT2D eigenvalue weighted by molar-refractivity contribution is 7.22. The van der Waals surface area contributed by atoms with E-state index in [9.17, 15) is 9.18 Å². The van der Waals surface area contributed by atoms with E-state index in [-0.39, 0.29) is 11.7 Å². The number of aromatic nitrogens is 1. The molecule has 0 unspecified atom stereocenters. The van der Waals surface area contributed by atoms with Crippen molar-refractivity contribution < 1.29 is 13.9 Å². The fraction of sp³-hybridized carbons (Fsp3) is 0.333. The van der Waals surface area contributed by atoms with Gasteiger partial charge in [0, 0.05) is 36.8 Å². The van der Waals surface area contributed by atoms with Gasteiger partial charge < -0.3 is 4.74 Å². The normalized spacial score (nSPS) is 15.0. The Balaban J connectivity index is 1.56. The summed E-state index contributed by atoms with van der Waals surface area (Å²) in [6.45, 7) is 4.72. The molecule has 8 heteroatoms. The largest absolute Gasteiger partial charge is 0.379 e. The maximum absolute atomic E-state index is 13.6. The molecule has 0 N–H and O–H groups in total. The Labute approximate surface area is 177 Å². The van der Waals surface area contributed by atoms with Gasteiger partial charge in [0.2, 0.25) is 0 Å². The van der Waals surface area contributed by atoms with Crippen molar-refractivity contribution in [1.29, 1.82) is 0 Å². The van der Waals surface area contributed by atoms with Crippen molar-refractivity contribution in [2.45, 2.75) is 6.42 Å². The minimum absolute atomic E-state index is 0.136. The molecule has 0 radical (unpaired) electrons. The van der Waals surface area contributed by atoms with Gasteiger partial charge >= 0.3 is 0 Å². The SMILES string of the molecule is O=C(c1ccc(Cl)cc1)N(CCCN1CCOCC1)c1nc2ccc(F)cc2s1. The number of morpholine rings is 1. The van der Waals surface area contributed by atoms with Crippen molar-refractivity contribution in [1.82, 2.24) is 9.88 Å². The quantitative estimate of drug-likeness (QED) is 0.575. The average Bonchev–Trinajstić information content (AvgIpc) is 3.15. The van der Waals surface area contributed by atoms with Gasteiger partial charge in [-0.15, -0.1) is 0 Å². The summed E-state index contributed by atoms with van der Waals surface area (Å²) in [5.41, 5.74) is 1.24. The van der Waals surface area contributed by atoms with E-state index in [1.807, 2.05) is 0 Å². The zero-order valence-electron chi connectivity index (χ0n) is 15.8. The molecule has 5 nitrogen and oxygen atoms in total. The summed E-state index contributed by atoms with van der Waals surface area (Å²) in [4.78, 5) is 21.8. The molecule has 29 heavy (non-hydrogen) atoms. The maximum atomic E-state index is 13.6. The third-order valence-corrected chi connectivity index (χ3v) is 6.16. The molecule has 0 atom stereocenters. The van der Waals surface area contributed by atoms with Gasteiger partial charge in [0.1, 0.15) is 5.82 Å². The molecule has 1 saturated heterocycles. The Kier molecular flexibility index (Phi) is 6.40. The zero-order valence-corrected chi connectivity index (χ0v) is 17.4. The molecule has 2 heterocycles. The van der Waals surface area contributed by atoms with Crippen LogP contribution in [0.2, 0.25) is 5.02 Å². The van der Waals surface area contributed by atoms with Gasteiger partial charge in [0.05, 0.1) is 23.4 Å². The summed E-state index contributed by atoms with van der Waals surface area (Å²) in [5, 5.41) is 1.16. The van der Waals surface area contributed by atoms with Crippen LogP contribution >= 0.6 is 22.9 Å². The molecule has 1 amide bonds. The minimum atomic E-state index is -0.310. The summed E-state index contributed by atoms with van der Waals surface area (Å²) < 4.78 is 19.7. The van der Waals surface area contributed by atoms with Gasteiger partial charge in [-0.25, -0.2) is 9.37 Å². The van der Waals surface area contributed by atoms with Crippen LogP contribution in [0.25, 0.3) is 10.2 Å². The van der Waals surface area contributed by atoms with Crippen LogP contribution < -0.4 is 4.90 Å². The molecular formula is C21H21ClFN3O2S. The molecule has 0 spiro atoms. The van der Waals surface area contributed by atoms with Crippen molar-refractivity contribution in [3.8, 4) is 0 Å². The van der Waals surface area contributed by atoms with Crippen LogP contribution in [-0.4, -0.2) is 55.2 Å². The second kappa shape index (κ2) is 9.17. The molecule has 0 aliphatic carbocycles. The van der Waals surface area contributed by atoms with Crippen LogP contribution in [0.3, 0.4) is 0 Å². The second-order valence-corrected chi connectivity index (χ2v) is 8.33. The number of thiazole rings is 1. The summed E-state index contributed by atoms with van der Waals surface area (Å²) in [5.74, 6) is -0.446. The van der Waals surface area contributed by atoms with Crippen LogP contribution in [-0.2, 0) is 4.74 Å². The van der Waals surface area contributed by atoms with Gasteiger partial charge in [0.15, 0.2) is 5.13 Å². The predicted molar refractivity (Wildman–Crippen MR) is 115 cm³/mol. The fourth-order valence-corrected chi connectivity index (χ4v) is 4.45. The summed E-state index contributed by atoms with van der Waals surface area (Å²) in [6, 6.07) is 11.3. The number of carbonyl (C=O) groups is 1. The number of halogens is 2. The van der Waals surface area contributed by atoms with Crippen molar-refractivity contribution in [3.05, 3.63) is 58.9 Å². The number of ether oxygens (including phenoxy) is 1. The van der Waals surface area contributed by atoms with Gasteiger partial charge in [-0.2, -0.15) is 0 Å². The molecule has 0 bridgehead atoms. The Bertz CT molecular complexity index is 989. The van der Waals surface area contributed by atoms with Crippen LogP contribution in [0.1, 0.15) is 16.8 Å². The molecule has 1 aromatic heterocycles. The van der Waals surface area contributed by atoms with Gasteiger partial charge in [-0.05, 0) is 48.9 Å². The first kappa shape index (κ1) is 20.2. The molecule has 0 saturated carbocycles. The summed E-state index contributed by atoms with van der Waals surface area (Å²) in [6.07, 6.45) is 0.809. The lowest BCUT2D eigenvalue weighted by Crippen LogP contribution is -2.39. The monoisotopic (exact) mass is 433 g/mol. The van der Waals surface area contributed by atoms with E-state index < -0.39 is 0 Å². The highest BCUT2D eigenvalue weighted by Gasteiger charge is 2.22. The smallest absolute Gasteiger partial charge is 0.260 e. The molecule has 1 aliphatic heterocycles. The standard InChI is InChI=1S/C21H21ClFN3O2S/c22-16-4-2-15(3-5-16)20(27)26(9-1-8-25-10-12-28-13-11-25)21-24-18-7-6-17(23)14-19(18)29-21/h2-7,14H,1,8-13H2. The number of hydrogen-bond donors (Lipinski definition) is 0. The Morgan fingerprint density at radius 1 is 1.21 bits per heavy atom. The third kappa shape index (κ3) is 4.93. The van der Waals surface area contributed by atoms with Gasteiger partial charge in [-0.3, -0.25) is 14.6 Å². The fourth-order valence-electron chi connectivity index (χ4n) is 3.31. The minimum Gasteiger partial charge on any atom is -0.379 e. The topological polar surface area (TPSA) is 45.7 Å². The van der Waals surface area contributed by atoms with E-state index >= 15 is 0 Å². The first-order valence-corrected chi connectivity index (χ1v) is 10.7. The number of rotatable bonds is 6. The number of anilines is 1. The Morgan fingerprint density at radius 3 is 2.72 bits per heavy atom. The molecule has 1 fully saturated rings. The first-order valence-electron chi connectivity index (χ1n) is 9.54. The lowest BCUT2D eigenvalue weighted by molar-refractivity contribution is 0.0376. The third-order valence-electron chi connectivity index (χ3n) is 4.87. The van der Waals surface area contributed by atoms with Crippen molar-refractivity contribution in [3.63, 3.8) is 0 Å². The summed E-state index contributed by atoms with van der Waals surface area (Å²) >= 11 is 7.29. The van der Waals surface area contributed by atoms with E-state index in [0.717, 1.165) is 44.0 Å². The van der Waals surface area contributed by atoms with E-state index in [2.05, 4.69) is 9.88 Å². The Morgan fingerprint density at radius 2 is 1.97 bits per heavy atom. The maximum Gasteiger partial charge on any atom is 0.260 e. The number of hydrogen-bond acceptors (Lipinski definition) is 5. The van der Waals surface area contributed by atoms with Crippen LogP contribution in [0.4, 0.5) is 9.52 Å². The molecule has 1 aliphatic rings. The van der Waals surface area contributed by atoms with E-state index in [4.69, 9.17) is 16.3 Å². The number of fused-ring (bicyclic) bond motifs is 1. The second-order valence-electron chi connectivity index (χ2n) is 6.88. The lowest BCUT2D eigenvalue weighted by atomic mass is 10.2. The molecule has 2 aromatic carbocycles. The first-order chi connectivity index (χ1) is 14.1. The number of benzene rings is 2.